The van der Waals surface area contributed by atoms with Gasteiger partial charge in [-0.25, -0.2) is 5.01 Å². The third kappa shape index (κ3) is 7.20. The summed E-state index contributed by atoms with van der Waals surface area (Å²) in [6.45, 7) is 2.30. The maximum absolute atomic E-state index is 12.9. The van der Waals surface area contributed by atoms with Gasteiger partial charge in [0.25, 0.3) is 0 Å². The quantitative estimate of drug-likeness (QED) is 0.239. The van der Waals surface area contributed by atoms with Crippen LogP contribution in [0, 0.1) is 0 Å². The number of carbonyl (C=O) groups is 1. The zero-order chi connectivity index (χ0) is 27.2. The molecule has 0 atom stereocenters. The first-order chi connectivity index (χ1) is 17.6. The van der Waals surface area contributed by atoms with E-state index in [0.717, 1.165) is 23.3 Å². The van der Waals surface area contributed by atoms with Crippen molar-refractivity contribution in [1.29, 1.82) is 0 Å². The predicted molar refractivity (Wildman–Crippen MR) is 142 cm³/mol. The number of aromatic nitrogens is 2. The van der Waals surface area contributed by atoms with E-state index in [1.165, 1.54) is 12.1 Å². The molecule has 0 radical (unpaired) electrons. The van der Waals surface area contributed by atoms with E-state index in [-0.39, 0.29) is 5.15 Å². The van der Waals surface area contributed by atoms with Crippen molar-refractivity contribution in [3.63, 3.8) is 0 Å². The van der Waals surface area contributed by atoms with Crippen LogP contribution in [-0.4, -0.2) is 29.0 Å². The number of benzene rings is 3. The van der Waals surface area contributed by atoms with Gasteiger partial charge in [0.15, 0.2) is 11.0 Å². The summed E-state index contributed by atoms with van der Waals surface area (Å²) in [5, 5.41) is 11.4. The zero-order valence-electron chi connectivity index (χ0n) is 19.4. The Balaban J connectivity index is 0.00000186. The van der Waals surface area contributed by atoms with E-state index in [9.17, 15) is 13.2 Å². The van der Waals surface area contributed by atoms with Gasteiger partial charge in [0.1, 0.15) is 6.79 Å². The number of hydrazine groups is 1. The standard InChI is InChI=1S/C25H18Cl3F3N4.CH2O/c1-35(14-15-2-8-18(9-3-15)25(29,30)31)34-24-22(17-6-12-20(27)13-7-17)21(23(28)32-33-24)16-4-10-19(26)11-5-16;1-2/h2-13H,14H2,1H3,(H,33,34);1H2. The van der Waals surface area contributed by atoms with Gasteiger partial charge in [-0.15, -0.1) is 10.2 Å². The van der Waals surface area contributed by atoms with E-state index in [4.69, 9.17) is 39.6 Å². The highest BCUT2D eigenvalue weighted by molar-refractivity contribution is 6.33. The first-order valence-corrected chi connectivity index (χ1v) is 11.8. The van der Waals surface area contributed by atoms with Crippen LogP contribution in [0.3, 0.4) is 0 Å². The Bertz CT molecular complexity index is 1330. The molecule has 0 spiro atoms. The molecular formula is C26H20Cl3F3N4O. The minimum absolute atomic E-state index is 0.202. The smallest absolute Gasteiger partial charge is 0.307 e. The Kier molecular flexibility index (Phi) is 9.50. The maximum atomic E-state index is 12.9. The monoisotopic (exact) mass is 566 g/mol. The molecule has 0 saturated carbocycles. The van der Waals surface area contributed by atoms with E-state index in [1.54, 1.807) is 36.3 Å². The summed E-state index contributed by atoms with van der Waals surface area (Å²) < 4.78 is 38.6. The van der Waals surface area contributed by atoms with Gasteiger partial charge in [-0.1, -0.05) is 71.2 Å². The van der Waals surface area contributed by atoms with Crippen LogP contribution < -0.4 is 5.43 Å². The third-order valence-corrected chi connectivity index (χ3v) is 5.96. The number of nitrogens with one attached hydrogen (secondary N) is 1. The molecule has 0 aliphatic rings. The lowest BCUT2D eigenvalue weighted by Gasteiger charge is -2.22. The van der Waals surface area contributed by atoms with Crippen molar-refractivity contribution in [2.24, 2.45) is 0 Å². The summed E-state index contributed by atoms with van der Waals surface area (Å²) in [5.41, 5.74) is 6.08. The van der Waals surface area contributed by atoms with Gasteiger partial charge in [0.2, 0.25) is 0 Å². The number of nitrogens with zero attached hydrogens (tertiary/aromatic N) is 3. The molecule has 0 amide bonds. The summed E-state index contributed by atoms with van der Waals surface area (Å²) in [4.78, 5) is 8.00. The molecule has 1 heterocycles. The highest BCUT2D eigenvalue weighted by Crippen LogP contribution is 2.41. The topological polar surface area (TPSA) is 58.1 Å². The number of hydrogen-bond donors (Lipinski definition) is 1. The van der Waals surface area contributed by atoms with Crippen molar-refractivity contribution in [2.75, 3.05) is 12.5 Å². The molecule has 5 nitrogen and oxygen atoms in total. The zero-order valence-corrected chi connectivity index (χ0v) is 21.6. The van der Waals surface area contributed by atoms with E-state index in [1.807, 2.05) is 31.1 Å². The maximum Gasteiger partial charge on any atom is 0.416 e. The normalized spacial score (nSPS) is 11.1. The van der Waals surface area contributed by atoms with Crippen molar-refractivity contribution in [1.82, 2.24) is 15.2 Å². The summed E-state index contributed by atoms with van der Waals surface area (Å²) in [6, 6.07) is 19.4. The van der Waals surface area contributed by atoms with E-state index >= 15 is 0 Å². The fourth-order valence-electron chi connectivity index (χ4n) is 3.56. The van der Waals surface area contributed by atoms with E-state index in [0.29, 0.717) is 39.1 Å². The van der Waals surface area contributed by atoms with Crippen molar-refractivity contribution < 1.29 is 18.0 Å². The minimum atomic E-state index is -4.38. The summed E-state index contributed by atoms with van der Waals surface area (Å²) in [6.07, 6.45) is -4.38. The molecule has 0 aliphatic heterocycles. The second-order valence-corrected chi connectivity index (χ2v) is 9.00. The molecule has 0 saturated heterocycles. The van der Waals surface area contributed by atoms with Crippen LogP contribution in [0.15, 0.2) is 72.8 Å². The number of anilines is 1. The van der Waals surface area contributed by atoms with Gasteiger partial charge in [0.05, 0.1) is 5.56 Å². The van der Waals surface area contributed by atoms with Gasteiger partial charge in [-0.2, -0.15) is 13.2 Å². The van der Waals surface area contributed by atoms with Crippen LogP contribution in [0.25, 0.3) is 22.3 Å². The van der Waals surface area contributed by atoms with Gasteiger partial charge < -0.3 is 10.2 Å². The molecule has 192 valence electrons. The Morgan fingerprint density at radius 3 is 1.76 bits per heavy atom. The van der Waals surface area contributed by atoms with E-state index < -0.39 is 11.7 Å². The van der Waals surface area contributed by atoms with Crippen LogP contribution in [0.4, 0.5) is 19.0 Å². The molecule has 0 bridgehead atoms. The molecule has 4 aromatic rings. The number of carbonyl (C=O) groups excluding carboxylic acids is 1. The molecular weight excluding hydrogens is 548 g/mol. The lowest BCUT2D eigenvalue weighted by atomic mass is 9.96. The second kappa shape index (κ2) is 12.4. The third-order valence-electron chi connectivity index (χ3n) is 5.19. The molecule has 11 heteroatoms. The molecule has 4 rings (SSSR count). The first-order valence-electron chi connectivity index (χ1n) is 10.6. The summed E-state index contributed by atoms with van der Waals surface area (Å²) in [7, 11) is 1.75. The van der Waals surface area contributed by atoms with Crippen LogP contribution in [0.1, 0.15) is 11.1 Å². The number of alkyl halides is 3. The van der Waals surface area contributed by atoms with Crippen LogP contribution in [-0.2, 0) is 17.5 Å². The molecule has 0 unspecified atom stereocenters. The number of rotatable bonds is 6. The van der Waals surface area contributed by atoms with E-state index in [2.05, 4.69) is 15.6 Å². The minimum Gasteiger partial charge on any atom is -0.307 e. The fourth-order valence-corrected chi connectivity index (χ4v) is 4.06. The molecule has 0 aliphatic carbocycles. The van der Waals surface area contributed by atoms with Crippen molar-refractivity contribution in [2.45, 2.75) is 12.7 Å². The lowest BCUT2D eigenvalue weighted by molar-refractivity contribution is -0.137. The molecule has 1 aromatic heterocycles. The molecule has 1 N–H and O–H groups in total. The largest absolute Gasteiger partial charge is 0.416 e. The SMILES string of the molecule is C=O.CN(Cc1ccc(C(F)(F)F)cc1)Nc1nnc(Cl)c(-c2ccc(Cl)cc2)c1-c1ccc(Cl)cc1. The van der Waals surface area contributed by atoms with Gasteiger partial charge in [-0.05, 0) is 53.1 Å². The summed E-state index contributed by atoms with van der Waals surface area (Å²) in [5.74, 6) is 0.413. The second-order valence-electron chi connectivity index (χ2n) is 7.77. The van der Waals surface area contributed by atoms with Crippen LogP contribution in [0.5, 0.6) is 0 Å². The van der Waals surface area contributed by atoms with Crippen LogP contribution >= 0.6 is 34.8 Å². The molecule has 3 aromatic carbocycles. The Labute approximate surface area is 226 Å². The average Bonchev–Trinajstić information content (AvgIpc) is 2.87. The predicted octanol–water partition coefficient (Wildman–Crippen LogP) is 8.06. The Morgan fingerprint density at radius 2 is 1.27 bits per heavy atom. The van der Waals surface area contributed by atoms with Crippen molar-refractivity contribution >= 4 is 47.4 Å². The van der Waals surface area contributed by atoms with Crippen LogP contribution in [0.2, 0.25) is 15.2 Å². The number of halogens is 6. The number of hydrogen-bond acceptors (Lipinski definition) is 5. The highest BCUT2D eigenvalue weighted by Gasteiger charge is 2.30. The Morgan fingerprint density at radius 1 is 0.784 bits per heavy atom. The molecule has 0 fully saturated rings. The highest BCUT2D eigenvalue weighted by atomic mass is 35.5. The van der Waals surface area contributed by atoms with Crippen molar-refractivity contribution in [3.05, 3.63) is 99.1 Å². The van der Waals surface area contributed by atoms with Gasteiger partial charge in [-0.3, -0.25) is 0 Å². The van der Waals surface area contributed by atoms with Gasteiger partial charge in [0, 0.05) is 34.8 Å². The fraction of sp³-hybridized carbons (Fsp3) is 0.115. The van der Waals surface area contributed by atoms with Gasteiger partial charge >= 0.3 is 6.18 Å². The lowest BCUT2D eigenvalue weighted by Crippen LogP contribution is -2.26. The Hall–Kier alpha value is -3.17. The summed E-state index contributed by atoms with van der Waals surface area (Å²) >= 11 is 18.7. The molecule has 37 heavy (non-hydrogen) atoms. The van der Waals surface area contributed by atoms with Crippen molar-refractivity contribution in [3.8, 4) is 22.3 Å². The average molecular weight is 568 g/mol. The first kappa shape index (κ1) is 28.4.